The van der Waals surface area contributed by atoms with Crippen LogP contribution in [0.2, 0.25) is 5.02 Å². The molecule has 0 aliphatic carbocycles. The molecule has 112 valence electrons. The Morgan fingerprint density at radius 1 is 1.19 bits per heavy atom. The Morgan fingerprint density at radius 3 is 2.43 bits per heavy atom. The third-order valence-corrected chi connectivity index (χ3v) is 4.55. The van der Waals surface area contributed by atoms with E-state index in [1.54, 1.807) is 24.3 Å². The van der Waals surface area contributed by atoms with Crippen LogP contribution < -0.4 is 9.46 Å². The van der Waals surface area contributed by atoms with Crippen LogP contribution in [0.3, 0.4) is 0 Å². The van der Waals surface area contributed by atoms with Gasteiger partial charge in [0.15, 0.2) is 0 Å². The van der Waals surface area contributed by atoms with Crippen molar-refractivity contribution in [2.24, 2.45) is 0 Å². The molecule has 7 heteroatoms. The van der Waals surface area contributed by atoms with E-state index in [-0.39, 0.29) is 22.2 Å². The van der Waals surface area contributed by atoms with Gasteiger partial charge in [0.1, 0.15) is 5.75 Å². The number of aliphatic hydroxyl groups excluding tert-OH is 1. The summed E-state index contributed by atoms with van der Waals surface area (Å²) in [6.45, 7) is -0.143. The van der Waals surface area contributed by atoms with Crippen LogP contribution in [0.5, 0.6) is 5.75 Å². The fourth-order valence-corrected chi connectivity index (χ4v) is 2.98. The Kier molecular flexibility index (Phi) is 4.72. The molecular formula is C14H14ClNO4S. The molecule has 2 N–H and O–H groups in total. The zero-order valence-electron chi connectivity index (χ0n) is 11.2. The Bertz CT molecular complexity index is 729. The van der Waals surface area contributed by atoms with Crippen molar-refractivity contribution >= 4 is 27.3 Å². The lowest BCUT2D eigenvalue weighted by Crippen LogP contribution is -2.13. The minimum atomic E-state index is -3.76. The molecule has 0 radical (unpaired) electrons. The molecule has 0 spiro atoms. The van der Waals surface area contributed by atoms with Crippen molar-refractivity contribution in [3.63, 3.8) is 0 Å². The number of sulfonamides is 1. The molecule has 0 atom stereocenters. The fraction of sp³-hybridized carbons (Fsp3) is 0.143. The molecule has 0 bridgehead atoms. The highest BCUT2D eigenvalue weighted by molar-refractivity contribution is 7.92. The second-order valence-electron chi connectivity index (χ2n) is 4.25. The lowest BCUT2D eigenvalue weighted by atomic mass is 10.2. The molecule has 0 amide bonds. The van der Waals surface area contributed by atoms with E-state index in [0.717, 1.165) is 0 Å². The first-order chi connectivity index (χ1) is 9.96. The van der Waals surface area contributed by atoms with E-state index in [0.29, 0.717) is 11.3 Å². The van der Waals surface area contributed by atoms with Crippen molar-refractivity contribution in [3.05, 3.63) is 53.1 Å². The lowest BCUT2D eigenvalue weighted by Gasteiger charge is -2.11. The quantitative estimate of drug-likeness (QED) is 0.885. The minimum absolute atomic E-state index is 0.0820. The summed E-state index contributed by atoms with van der Waals surface area (Å²) in [6.07, 6.45) is 0. The van der Waals surface area contributed by atoms with Crippen LogP contribution in [0.1, 0.15) is 5.56 Å². The maximum Gasteiger partial charge on any atom is 0.261 e. The van der Waals surface area contributed by atoms with Gasteiger partial charge in [-0.15, -0.1) is 0 Å². The summed E-state index contributed by atoms with van der Waals surface area (Å²) >= 11 is 5.98. The number of benzene rings is 2. The summed E-state index contributed by atoms with van der Waals surface area (Å²) in [7, 11) is -2.28. The molecule has 0 aromatic heterocycles. The average Bonchev–Trinajstić information content (AvgIpc) is 2.49. The van der Waals surface area contributed by atoms with Gasteiger partial charge in [-0.1, -0.05) is 23.7 Å². The number of rotatable bonds is 5. The van der Waals surface area contributed by atoms with Gasteiger partial charge in [-0.05, 0) is 29.8 Å². The largest absolute Gasteiger partial charge is 0.497 e. The highest BCUT2D eigenvalue weighted by Gasteiger charge is 2.16. The number of methoxy groups -OCH3 is 1. The monoisotopic (exact) mass is 327 g/mol. The highest BCUT2D eigenvalue weighted by atomic mass is 35.5. The summed E-state index contributed by atoms with van der Waals surface area (Å²) in [5.74, 6) is 0.493. The van der Waals surface area contributed by atoms with Crippen LogP contribution in [0.15, 0.2) is 47.4 Å². The third kappa shape index (κ3) is 3.66. The van der Waals surface area contributed by atoms with Gasteiger partial charge in [-0.3, -0.25) is 4.72 Å². The van der Waals surface area contributed by atoms with Crippen LogP contribution in [-0.2, 0) is 16.6 Å². The summed E-state index contributed by atoms with van der Waals surface area (Å²) in [4.78, 5) is 0.0820. The van der Waals surface area contributed by atoms with Crippen LogP contribution in [0, 0.1) is 0 Å². The zero-order chi connectivity index (χ0) is 15.5. The second-order valence-corrected chi connectivity index (χ2v) is 6.34. The smallest absolute Gasteiger partial charge is 0.261 e. The summed E-state index contributed by atoms with van der Waals surface area (Å²) in [5.41, 5.74) is 0.871. The van der Waals surface area contributed by atoms with Gasteiger partial charge in [-0.2, -0.15) is 0 Å². The van der Waals surface area contributed by atoms with E-state index >= 15 is 0 Å². The minimum Gasteiger partial charge on any atom is -0.497 e. The Balaban J connectivity index is 2.32. The zero-order valence-corrected chi connectivity index (χ0v) is 12.8. The Morgan fingerprint density at radius 2 is 1.86 bits per heavy atom. The molecule has 2 rings (SSSR count). The molecule has 0 saturated carbocycles. The first-order valence-corrected chi connectivity index (χ1v) is 7.88. The van der Waals surface area contributed by atoms with Gasteiger partial charge in [0.05, 0.1) is 29.3 Å². The van der Waals surface area contributed by atoms with Gasteiger partial charge in [0, 0.05) is 6.07 Å². The normalized spacial score (nSPS) is 11.2. The van der Waals surface area contributed by atoms with Gasteiger partial charge in [0.25, 0.3) is 10.0 Å². The summed E-state index contributed by atoms with van der Waals surface area (Å²) in [5, 5.41) is 9.23. The van der Waals surface area contributed by atoms with E-state index in [1.165, 1.54) is 25.3 Å². The number of hydrogen-bond donors (Lipinski definition) is 2. The molecule has 2 aromatic rings. The summed E-state index contributed by atoms with van der Waals surface area (Å²) < 4.78 is 32.0. The first kappa shape index (κ1) is 15.6. The van der Waals surface area contributed by atoms with E-state index < -0.39 is 10.0 Å². The van der Waals surface area contributed by atoms with Crippen LogP contribution >= 0.6 is 11.6 Å². The van der Waals surface area contributed by atoms with Crippen LogP contribution in [-0.4, -0.2) is 20.6 Å². The van der Waals surface area contributed by atoms with Gasteiger partial charge in [-0.25, -0.2) is 8.42 Å². The number of halogens is 1. The molecule has 0 heterocycles. The van der Waals surface area contributed by atoms with E-state index in [2.05, 4.69) is 4.72 Å². The second kappa shape index (κ2) is 6.34. The molecular weight excluding hydrogens is 314 g/mol. The van der Waals surface area contributed by atoms with Crippen molar-refractivity contribution in [1.82, 2.24) is 0 Å². The average molecular weight is 328 g/mol. The topological polar surface area (TPSA) is 75.6 Å². The van der Waals surface area contributed by atoms with Gasteiger partial charge in [0.2, 0.25) is 0 Å². The molecule has 5 nitrogen and oxygen atoms in total. The number of nitrogens with one attached hydrogen (secondary N) is 1. The van der Waals surface area contributed by atoms with Crippen molar-refractivity contribution in [2.45, 2.75) is 11.5 Å². The number of ether oxygens (including phenoxy) is 1. The first-order valence-electron chi connectivity index (χ1n) is 6.02. The third-order valence-electron chi connectivity index (χ3n) is 2.83. The van der Waals surface area contributed by atoms with E-state index in [1.807, 2.05) is 0 Å². The predicted octanol–water partition coefficient (Wildman–Crippen LogP) is 2.64. The molecule has 0 saturated heterocycles. The van der Waals surface area contributed by atoms with Crippen molar-refractivity contribution in [1.29, 1.82) is 0 Å². The van der Waals surface area contributed by atoms with Crippen molar-refractivity contribution < 1.29 is 18.3 Å². The predicted molar refractivity (Wildman–Crippen MR) is 81.2 cm³/mol. The van der Waals surface area contributed by atoms with Gasteiger partial charge < -0.3 is 9.84 Å². The Hall–Kier alpha value is -1.76. The molecule has 21 heavy (non-hydrogen) atoms. The van der Waals surface area contributed by atoms with Crippen LogP contribution in [0.25, 0.3) is 0 Å². The SMILES string of the molecule is COc1ccc(Cl)c(NS(=O)(=O)c2ccc(CO)cc2)c1. The number of hydrogen-bond acceptors (Lipinski definition) is 4. The molecule has 0 unspecified atom stereocenters. The summed E-state index contributed by atoms with van der Waals surface area (Å²) in [6, 6.07) is 10.6. The van der Waals surface area contributed by atoms with Crippen molar-refractivity contribution in [3.8, 4) is 5.75 Å². The Labute approximate surface area is 128 Å². The highest BCUT2D eigenvalue weighted by Crippen LogP contribution is 2.28. The lowest BCUT2D eigenvalue weighted by molar-refractivity contribution is 0.282. The molecule has 0 aliphatic rings. The van der Waals surface area contributed by atoms with E-state index in [4.69, 9.17) is 21.4 Å². The number of aliphatic hydroxyl groups is 1. The molecule has 0 aliphatic heterocycles. The molecule has 2 aromatic carbocycles. The maximum atomic E-state index is 12.3. The number of anilines is 1. The molecule has 0 fully saturated rings. The standard InChI is InChI=1S/C14H14ClNO4S/c1-20-11-4-7-13(15)14(8-11)16-21(18,19)12-5-2-10(9-17)3-6-12/h2-8,16-17H,9H2,1H3. The fourth-order valence-electron chi connectivity index (χ4n) is 1.69. The van der Waals surface area contributed by atoms with Gasteiger partial charge >= 0.3 is 0 Å². The van der Waals surface area contributed by atoms with Crippen LogP contribution in [0.4, 0.5) is 5.69 Å². The van der Waals surface area contributed by atoms with Crippen molar-refractivity contribution in [2.75, 3.05) is 11.8 Å². The maximum absolute atomic E-state index is 12.3. The van der Waals surface area contributed by atoms with E-state index in [9.17, 15) is 8.42 Å².